The molecule has 5 N–H and O–H groups in total. The molecule has 318 valence electrons. The normalized spacial score (nSPS) is 12.3. The predicted octanol–water partition coefficient (Wildman–Crippen LogP) is 10.4. The standard InChI is InChI=1S/C51H46N10O3/c1-29-28-64-50-42(26-61-27-43(25-54-61)37-12-7-10-35(16-37)31(3)55-48-21-46(57-32(4)59-48)38-13-8-14-44(62)19-38)17-39(20-45(29)50)47-22-49(60-33(5)58-47)56-30(2)34-9-6-11-36(15-34)40-18-41(51(52)63)24-53-23-40/h6-25,27-28,30-31,62H,26H2,1-5H3,(H2,52,63)(H,55,57,59)(H,56,58,60)/t30-,31?/m0/s1. The van der Waals surface area contributed by atoms with Crippen LogP contribution in [0.1, 0.15) is 70.2 Å². The van der Waals surface area contributed by atoms with E-state index in [4.69, 9.17) is 25.2 Å². The first-order chi connectivity index (χ1) is 30.9. The molecule has 0 aliphatic heterocycles. The number of nitrogens with one attached hydrogen (secondary N) is 2. The zero-order valence-electron chi connectivity index (χ0n) is 36.0. The Morgan fingerprint density at radius 3 is 1.97 bits per heavy atom. The van der Waals surface area contributed by atoms with Crippen LogP contribution in [0.15, 0.2) is 139 Å². The Morgan fingerprint density at radius 2 is 1.31 bits per heavy atom. The number of fused-ring (bicyclic) bond motifs is 1. The summed E-state index contributed by atoms with van der Waals surface area (Å²) in [5.74, 6) is 2.33. The van der Waals surface area contributed by atoms with Crippen molar-refractivity contribution in [3.63, 3.8) is 0 Å². The monoisotopic (exact) mass is 846 g/mol. The number of phenols is 1. The highest BCUT2D eigenvalue weighted by Gasteiger charge is 2.17. The Bertz CT molecular complexity index is 3190. The minimum atomic E-state index is -0.518. The van der Waals surface area contributed by atoms with Gasteiger partial charge in [-0.3, -0.25) is 14.5 Å². The minimum Gasteiger partial charge on any atom is -0.508 e. The maximum atomic E-state index is 11.8. The molecule has 0 fully saturated rings. The van der Waals surface area contributed by atoms with Crippen LogP contribution in [0.4, 0.5) is 11.6 Å². The van der Waals surface area contributed by atoms with E-state index in [1.807, 2.05) is 62.0 Å². The molecule has 5 aromatic heterocycles. The van der Waals surface area contributed by atoms with Crippen molar-refractivity contribution in [1.29, 1.82) is 0 Å². The number of hydrogen-bond donors (Lipinski definition) is 4. The first-order valence-corrected chi connectivity index (χ1v) is 21.0. The molecule has 1 amide bonds. The summed E-state index contributed by atoms with van der Waals surface area (Å²) in [6, 6.07) is 33.3. The van der Waals surface area contributed by atoms with Gasteiger partial charge in [-0.1, -0.05) is 48.5 Å². The van der Waals surface area contributed by atoms with Gasteiger partial charge in [0.2, 0.25) is 5.91 Å². The number of nitrogens with two attached hydrogens (primary N) is 1. The molecule has 2 atom stereocenters. The number of aromatic hydroxyl groups is 1. The second-order valence-electron chi connectivity index (χ2n) is 16.1. The molecule has 64 heavy (non-hydrogen) atoms. The van der Waals surface area contributed by atoms with Gasteiger partial charge in [0.1, 0.15) is 34.6 Å². The summed E-state index contributed by atoms with van der Waals surface area (Å²) in [7, 11) is 0. The molecular weight excluding hydrogens is 801 g/mol. The van der Waals surface area contributed by atoms with Crippen molar-refractivity contribution < 1.29 is 14.3 Å². The number of carbonyl (C=O) groups is 1. The van der Waals surface area contributed by atoms with Crippen LogP contribution in [0.25, 0.3) is 55.7 Å². The molecule has 9 aromatic rings. The second kappa shape index (κ2) is 17.3. The van der Waals surface area contributed by atoms with Crippen molar-refractivity contribution in [3.05, 3.63) is 174 Å². The van der Waals surface area contributed by atoms with Gasteiger partial charge in [0.25, 0.3) is 0 Å². The van der Waals surface area contributed by atoms with Crippen molar-refractivity contribution in [2.24, 2.45) is 5.73 Å². The smallest absolute Gasteiger partial charge is 0.250 e. The third kappa shape index (κ3) is 8.91. The Hall–Kier alpha value is -8.19. The highest BCUT2D eigenvalue weighted by atomic mass is 16.3. The van der Waals surface area contributed by atoms with E-state index in [-0.39, 0.29) is 17.8 Å². The summed E-state index contributed by atoms with van der Waals surface area (Å²) in [6.07, 6.45) is 8.93. The Morgan fingerprint density at radius 1 is 0.688 bits per heavy atom. The average Bonchev–Trinajstić information content (AvgIpc) is 3.92. The lowest BCUT2D eigenvalue weighted by Crippen LogP contribution is -2.11. The van der Waals surface area contributed by atoms with Gasteiger partial charge in [-0.2, -0.15) is 5.10 Å². The number of aryl methyl sites for hydroxylation is 3. The molecule has 13 nitrogen and oxygen atoms in total. The van der Waals surface area contributed by atoms with E-state index >= 15 is 0 Å². The lowest BCUT2D eigenvalue weighted by Gasteiger charge is -2.17. The van der Waals surface area contributed by atoms with Gasteiger partial charge in [0.05, 0.1) is 36.0 Å². The number of primary amides is 1. The van der Waals surface area contributed by atoms with Gasteiger partial charge >= 0.3 is 0 Å². The number of benzene rings is 4. The Labute approximate surface area is 370 Å². The molecule has 9 rings (SSSR count). The molecule has 0 saturated heterocycles. The molecule has 1 unspecified atom stereocenters. The van der Waals surface area contributed by atoms with Crippen LogP contribution in [-0.4, -0.2) is 45.7 Å². The summed E-state index contributed by atoms with van der Waals surface area (Å²) in [4.78, 5) is 34.9. The van der Waals surface area contributed by atoms with E-state index in [1.165, 1.54) is 6.20 Å². The number of anilines is 2. The van der Waals surface area contributed by atoms with Gasteiger partial charge in [-0.05, 0) is 105 Å². The number of pyridine rings is 1. The molecule has 0 aliphatic rings. The minimum absolute atomic E-state index is 0.0630. The molecule has 13 heteroatoms. The number of phenolic OH excluding ortho intramolecular Hbond substituents is 1. The largest absolute Gasteiger partial charge is 0.508 e. The number of carbonyl (C=O) groups excluding carboxylic acids is 1. The second-order valence-corrected chi connectivity index (χ2v) is 16.1. The number of amides is 1. The van der Waals surface area contributed by atoms with E-state index in [9.17, 15) is 9.90 Å². The van der Waals surface area contributed by atoms with E-state index in [1.54, 1.807) is 36.7 Å². The average molecular weight is 847 g/mol. The van der Waals surface area contributed by atoms with Gasteiger partial charge in [-0.25, -0.2) is 19.9 Å². The molecular formula is C51H46N10O3. The highest BCUT2D eigenvalue weighted by Crippen LogP contribution is 2.34. The van der Waals surface area contributed by atoms with E-state index in [2.05, 4.69) is 94.2 Å². The van der Waals surface area contributed by atoms with Gasteiger partial charge in [-0.15, -0.1) is 0 Å². The van der Waals surface area contributed by atoms with Crippen LogP contribution >= 0.6 is 0 Å². The summed E-state index contributed by atoms with van der Waals surface area (Å²) in [5, 5.41) is 22.9. The predicted molar refractivity (Wildman–Crippen MR) is 250 cm³/mol. The van der Waals surface area contributed by atoms with Gasteiger partial charge < -0.3 is 25.9 Å². The van der Waals surface area contributed by atoms with Crippen LogP contribution in [0.2, 0.25) is 0 Å². The first kappa shape index (κ1) is 41.2. The van der Waals surface area contributed by atoms with Gasteiger partial charge in [0, 0.05) is 76.0 Å². The van der Waals surface area contributed by atoms with Gasteiger partial charge in [0.15, 0.2) is 0 Å². The molecule has 0 aliphatic carbocycles. The first-order valence-electron chi connectivity index (χ1n) is 21.0. The molecule has 0 saturated carbocycles. The number of nitrogens with zero attached hydrogens (tertiary/aromatic N) is 7. The van der Waals surface area contributed by atoms with Crippen molar-refractivity contribution in [3.8, 4) is 50.5 Å². The summed E-state index contributed by atoms with van der Waals surface area (Å²) < 4.78 is 8.07. The van der Waals surface area contributed by atoms with Crippen molar-refractivity contribution in [1.82, 2.24) is 34.7 Å². The Kier molecular flexibility index (Phi) is 11.1. The SMILES string of the molecule is Cc1nc(NC(C)c2cccc(-c3cnn(Cc4cc(-c5cc(N[C@@H](C)c6cccc(-c7cncc(C(N)=O)c7)c6)nc(C)n5)cc5c(C)coc45)c3)c2)cc(-c2cccc(O)c2)n1. The highest BCUT2D eigenvalue weighted by molar-refractivity contribution is 5.93. The molecule has 5 heterocycles. The fourth-order valence-electron chi connectivity index (χ4n) is 7.93. The van der Waals surface area contributed by atoms with Crippen LogP contribution < -0.4 is 16.4 Å². The third-order valence-corrected chi connectivity index (χ3v) is 11.2. The Balaban J connectivity index is 0.937. The molecule has 0 radical (unpaired) electrons. The number of furan rings is 1. The lowest BCUT2D eigenvalue weighted by molar-refractivity contribution is 0.1000. The van der Waals surface area contributed by atoms with Crippen molar-refractivity contribution in [2.45, 2.75) is 53.2 Å². The molecule has 4 aromatic carbocycles. The maximum absolute atomic E-state index is 11.8. The molecule has 0 spiro atoms. The number of rotatable bonds is 13. The maximum Gasteiger partial charge on any atom is 0.250 e. The van der Waals surface area contributed by atoms with Crippen LogP contribution in [0.3, 0.4) is 0 Å². The quantitative estimate of drug-likeness (QED) is 0.0866. The zero-order chi connectivity index (χ0) is 44.5. The van der Waals surface area contributed by atoms with Crippen molar-refractivity contribution in [2.75, 3.05) is 10.6 Å². The summed E-state index contributed by atoms with van der Waals surface area (Å²) >= 11 is 0. The topological polar surface area (TPSA) is 183 Å². The van der Waals surface area contributed by atoms with Crippen LogP contribution in [-0.2, 0) is 6.54 Å². The number of aromatic nitrogens is 7. The van der Waals surface area contributed by atoms with E-state index in [0.717, 1.165) is 78.0 Å². The van der Waals surface area contributed by atoms with E-state index in [0.29, 0.717) is 35.4 Å². The number of hydrogen-bond acceptors (Lipinski definition) is 11. The zero-order valence-corrected chi connectivity index (χ0v) is 36.0. The third-order valence-electron chi connectivity index (χ3n) is 11.2. The summed E-state index contributed by atoms with van der Waals surface area (Å²) in [6.45, 7) is 10.5. The fraction of sp³-hybridized carbons (Fsp3) is 0.157. The fourth-order valence-corrected chi connectivity index (χ4v) is 7.93. The summed E-state index contributed by atoms with van der Waals surface area (Å²) in [5.41, 5.74) is 17.8. The lowest BCUT2D eigenvalue weighted by atomic mass is 10.00. The van der Waals surface area contributed by atoms with E-state index < -0.39 is 5.91 Å². The molecule has 0 bridgehead atoms. The van der Waals surface area contributed by atoms with Crippen LogP contribution in [0, 0.1) is 20.8 Å². The van der Waals surface area contributed by atoms with Crippen LogP contribution in [0.5, 0.6) is 5.75 Å². The van der Waals surface area contributed by atoms with Crippen molar-refractivity contribution >= 4 is 28.5 Å².